The van der Waals surface area contributed by atoms with E-state index < -0.39 is 48.1 Å². The second-order valence-electron chi connectivity index (χ2n) is 9.71. The molecule has 2 aromatic carbocycles. The molecule has 5 N–H and O–H groups in total. The Morgan fingerprint density at radius 3 is 2.33 bits per heavy atom. The number of nitrogens with zero attached hydrogens (tertiary/aromatic N) is 1. The van der Waals surface area contributed by atoms with Gasteiger partial charge in [0.15, 0.2) is 11.6 Å². The largest absolute Gasteiger partial charge is 0.394 e. The van der Waals surface area contributed by atoms with Crippen molar-refractivity contribution in [2.24, 2.45) is 0 Å². The number of ketones is 2. The Hall–Kier alpha value is -4.98. The van der Waals surface area contributed by atoms with Gasteiger partial charge in [0, 0.05) is 59.6 Å². The van der Waals surface area contributed by atoms with Gasteiger partial charge >= 0.3 is 5.69 Å². The lowest BCUT2D eigenvalue weighted by Gasteiger charge is -2.18. The number of carbonyl (C=O) groups is 4. The first-order valence-electron chi connectivity index (χ1n) is 13.0. The maximum absolute atomic E-state index is 12.9. The van der Waals surface area contributed by atoms with E-state index >= 15 is 0 Å². The van der Waals surface area contributed by atoms with Gasteiger partial charge in [-0.2, -0.15) is 0 Å². The molecule has 2 aliphatic rings. The minimum Gasteiger partial charge on any atom is -0.394 e. The molecule has 5 rings (SSSR count). The van der Waals surface area contributed by atoms with Crippen molar-refractivity contribution in [2.45, 2.75) is 24.9 Å². The number of nitrogens with one attached hydrogen (secondary N) is 3. The number of carbonyl (C=O) groups excluding carboxylic acids is 4. The van der Waals surface area contributed by atoms with Gasteiger partial charge in [-0.1, -0.05) is 24.3 Å². The summed E-state index contributed by atoms with van der Waals surface area (Å²) in [5.74, 6) is -1.71. The van der Waals surface area contributed by atoms with Crippen LogP contribution < -0.4 is 21.9 Å². The predicted molar refractivity (Wildman–Crippen MR) is 147 cm³/mol. The van der Waals surface area contributed by atoms with Gasteiger partial charge in [0.05, 0.1) is 18.3 Å². The minimum absolute atomic E-state index is 0.0216. The number of aliphatic hydroxyl groups is 2. The summed E-state index contributed by atoms with van der Waals surface area (Å²) < 4.78 is 6.52. The molecule has 2 amide bonds. The van der Waals surface area contributed by atoms with Gasteiger partial charge in [0.1, 0.15) is 12.3 Å². The van der Waals surface area contributed by atoms with E-state index in [2.05, 4.69) is 15.6 Å². The summed E-state index contributed by atoms with van der Waals surface area (Å²) in [5.41, 5.74) is -0.370. The maximum Gasteiger partial charge on any atom is 0.330 e. The third-order valence-corrected chi connectivity index (χ3v) is 7.00. The number of benzene rings is 2. The zero-order valence-corrected chi connectivity index (χ0v) is 22.0. The fraction of sp³-hybridized carbons (Fsp3) is 0.241. The summed E-state index contributed by atoms with van der Waals surface area (Å²) in [6, 6.07) is 10.8. The minimum atomic E-state index is -0.986. The first-order chi connectivity index (χ1) is 20.2. The van der Waals surface area contributed by atoms with Crippen molar-refractivity contribution in [3.05, 3.63) is 109 Å². The van der Waals surface area contributed by atoms with Crippen molar-refractivity contribution in [1.82, 2.24) is 20.2 Å². The van der Waals surface area contributed by atoms with Gasteiger partial charge < -0.3 is 25.6 Å². The quantitative estimate of drug-likeness (QED) is 0.136. The Balaban J connectivity index is 1.15. The Kier molecular flexibility index (Phi) is 8.06. The van der Waals surface area contributed by atoms with Crippen molar-refractivity contribution in [3.8, 4) is 0 Å². The molecule has 0 bridgehead atoms. The molecule has 0 unspecified atom stereocenters. The highest BCUT2D eigenvalue weighted by Gasteiger charge is 2.35. The van der Waals surface area contributed by atoms with Crippen molar-refractivity contribution in [1.29, 1.82) is 0 Å². The van der Waals surface area contributed by atoms with Crippen molar-refractivity contribution < 1.29 is 34.1 Å². The number of aromatic amines is 1. The first kappa shape index (κ1) is 28.5. The third-order valence-electron chi connectivity index (χ3n) is 7.00. The number of fused-ring (bicyclic) bond motifs is 2. The molecule has 42 heavy (non-hydrogen) atoms. The van der Waals surface area contributed by atoms with Crippen LogP contribution in [0.2, 0.25) is 0 Å². The van der Waals surface area contributed by atoms with Crippen LogP contribution in [0, 0.1) is 0 Å². The number of amides is 2. The van der Waals surface area contributed by atoms with Gasteiger partial charge in [-0.25, -0.2) is 4.79 Å². The Morgan fingerprint density at radius 1 is 0.976 bits per heavy atom. The fourth-order valence-electron chi connectivity index (χ4n) is 4.81. The standard InChI is InChI=1S/C29H26N4O9/c34-14-22-21(35)12-24(42-22)33-13-16(28(40)32-29(33)41)6-8-23(36)30-9-10-31-27(39)15-5-7-19-20(11-15)26(38)18-4-2-1-3-17(18)25(19)37/h1-8,11,13,21-22,24,34-35H,9-10,12,14H2,(H,30,36)(H,31,39)(H,32,40,41)/b8-6+/t21-,22+,24+/m0/s1. The zero-order valence-electron chi connectivity index (χ0n) is 22.0. The highest BCUT2D eigenvalue weighted by molar-refractivity contribution is 6.28. The van der Waals surface area contributed by atoms with Gasteiger partial charge in [-0.05, 0) is 24.3 Å². The summed E-state index contributed by atoms with van der Waals surface area (Å²) in [5, 5.41) is 24.3. The van der Waals surface area contributed by atoms with Crippen molar-refractivity contribution in [2.75, 3.05) is 19.7 Å². The molecule has 1 aromatic heterocycles. The van der Waals surface area contributed by atoms with Crippen LogP contribution in [0.4, 0.5) is 0 Å². The van der Waals surface area contributed by atoms with E-state index in [9.17, 15) is 39.0 Å². The van der Waals surface area contributed by atoms with E-state index in [1.807, 2.05) is 0 Å². The predicted octanol–water partition coefficient (Wildman–Crippen LogP) is -0.488. The van der Waals surface area contributed by atoms with Gasteiger partial charge in [0.25, 0.3) is 11.5 Å². The lowest BCUT2D eigenvalue weighted by atomic mass is 9.83. The molecule has 13 nitrogen and oxygen atoms in total. The third kappa shape index (κ3) is 5.61. The van der Waals surface area contributed by atoms with Crippen LogP contribution in [0.5, 0.6) is 0 Å². The second-order valence-corrected chi connectivity index (χ2v) is 9.71. The monoisotopic (exact) mass is 574 g/mol. The molecular formula is C29H26N4O9. The molecule has 1 fully saturated rings. The smallest absolute Gasteiger partial charge is 0.330 e. The first-order valence-corrected chi connectivity index (χ1v) is 13.0. The average molecular weight is 575 g/mol. The second kappa shape index (κ2) is 11.9. The summed E-state index contributed by atoms with van der Waals surface area (Å²) in [6.07, 6.45) is 0.734. The van der Waals surface area contributed by atoms with Crippen LogP contribution in [-0.2, 0) is 9.53 Å². The highest BCUT2D eigenvalue weighted by Crippen LogP contribution is 2.28. The number of aliphatic hydroxyl groups excluding tert-OH is 2. The van der Waals surface area contributed by atoms with E-state index in [4.69, 9.17) is 4.74 Å². The molecule has 0 radical (unpaired) electrons. The number of H-pyrrole nitrogens is 1. The SMILES string of the molecule is O=C(/C=C/c1cn([C@H]2C[C@H](O)[C@@H](CO)O2)c(=O)[nH]c1=O)NCCNC(=O)c1ccc2c(c1)C(=O)c1ccccc1C2=O. The topological polar surface area (TPSA) is 197 Å². The lowest BCUT2D eigenvalue weighted by Crippen LogP contribution is -2.34. The number of rotatable bonds is 8. The molecule has 216 valence electrons. The van der Waals surface area contributed by atoms with E-state index in [-0.39, 0.29) is 58.9 Å². The number of hydrogen-bond acceptors (Lipinski definition) is 9. The zero-order chi connectivity index (χ0) is 30.0. The molecule has 3 aromatic rings. The molecule has 0 spiro atoms. The summed E-state index contributed by atoms with van der Waals surface area (Å²) in [6.45, 7) is -0.354. The highest BCUT2D eigenvalue weighted by atomic mass is 16.5. The number of ether oxygens (including phenoxy) is 1. The van der Waals surface area contributed by atoms with Crippen LogP contribution in [0.3, 0.4) is 0 Å². The van der Waals surface area contributed by atoms with Crippen LogP contribution in [0.1, 0.15) is 60.4 Å². The molecule has 1 aliphatic heterocycles. The van der Waals surface area contributed by atoms with Crippen LogP contribution in [0.15, 0.2) is 64.3 Å². The van der Waals surface area contributed by atoms with E-state index in [0.29, 0.717) is 5.56 Å². The Bertz CT molecular complexity index is 1740. The molecule has 2 heterocycles. The number of hydrogen-bond donors (Lipinski definition) is 5. The normalized spacial score (nSPS) is 19.4. The molecule has 13 heteroatoms. The molecule has 1 saturated heterocycles. The van der Waals surface area contributed by atoms with Crippen molar-refractivity contribution in [3.63, 3.8) is 0 Å². The van der Waals surface area contributed by atoms with Crippen LogP contribution in [-0.4, -0.2) is 75.0 Å². The Morgan fingerprint density at radius 2 is 1.64 bits per heavy atom. The van der Waals surface area contributed by atoms with Gasteiger partial charge in [0.2, 0.25) is 5.91 Å². The van der Waals surface area contributed by atoms with E-state index in [0.717, 1.165) is 10.6 Å². The Labute approximate surface area is 237 Å². The maximum atomic E-state index is 12.9. The molecule has 0 saturated carbocycles. The fourth-order valence-corrected chi connectivity index (χ4v) is 4.81. The van der Waals surface area contributed by atoms with E-state index in [1.165, 1.54) is 30.5 Å². The summed E-state index contributed by atoms with van der Waals surface area (Å²) in [4.78, 5) is 77.1. The average Bonchev–Trinajstić information content (AvgIpc) is 3.37. The summed E-state index contributed by atoms with van der Waals surface area (Å²) >= 11 is 0. The van der Waals surface area contributed by atoms with Crippen molar-refractivity contribution >= 4 is 29.5 Å². The molecular weight excluding hydrogens is 548 g/mol. The van der Waals surface area contributed by atoms with Gasteiger partial charge in [-0.15, -0.1) is 0 Å². The molecule has 1 aliphatic carbocycles. The molecule has 3 atom stereocenters. The lowest BCUT2D eigenvalue weighted by molar-refractivity contribution is -0.116. The van der Waals surface area contributed by atoms with Crippen LogP contribution in [0.25, 0.3) is 6.08 Å². The van der Waals surface area contributed by atoms with E-state index in [1.54, 1.807) is 24.3 Å². The van der Waals surface area contributed by atoms with Gasteiger partial charge in [-0.3, -0.25) is 33.5 Å². The van der Waals surface area contributed by atoms with Crippen LogP contribution >= 0.6 is 0 Å². The summed E-state index contributed by atoms with van der Waals surface area (Å²) in [7, 11) is 0. The number of aromatic nitrogens is 2.